The molecule has 0 aliphatic carbocycles. The van der Waals surface area contributed by atoms with E-state index >= 15 is 0 Å². The number of nitrogens with one attached hydrogen (secondary N) is 1. The summed E-state index contributed by atoms with van der Waals surface area (Å²) in [6.07, 6.45) is 0.631. The second kappa shape index (κ2) is 4.97. The zero-order valence-electron chi connectivity index (χ0n) is 9.47. The Morgan fingerprint density at radius 2 is 2.13 bits per heavy atom. The van der Waals surface area contributed by atoms with E-state index in [2.05, 4.69) is 5.32 Å². The van der Waals surface area contributed by atoms with Crippen LogP contribution in [-0.2, 0) is 6.42 Å². The average Bonchev–Trinajstić information content (AvgIpc) is 2.10. The predicted octanol–water partition coefficient (Wildman–Crippen LogP) is 2.16. The first kappa shape index (κ1) is 12.5. The van der Waals surface area contributed by atoms with E-state index in [1.165, 1.54) is 0 Å². The van der Waals surface area contributed by atoms with Crippen molar-refractivity contribution in [3.8, 4) is 0 Å². The number of hydrogen-bond donors (Lipinski definition) is 2. The highest BCUT2D eigenvalue weighted by molar-refractivity contribution is 6.31. The topological polar surface area (TPSA) is 32.3 Å². The van der Waals surface area contributed by atoms with Crippen molar-refractivity contribution in [3.05, 3.63) is 34.3 Å². The molecule has 1 rings (SSSR count). The molecule has 2 N–H and O–H groups in total. The smallest absolute Gasteiger partial charge is 0.0783 e. The molecule has 0 amide bonds. The lowest BCUT2D eigenvalue weighted by Crippen LogP contribution is -2.38. The molecule has 15 heavy (non-hydrogen) atoms. The Labute approximate surface area is 96.3 Å². The third-order valence-electron chi connectivity index (χ3n) is 2.36. The van der Waals surface area contributed by atoms with Gasteiger partial charge in [-0.3, -0.25) is 0 Å². The fourth-order valence-electron chi connectivity index (χ4n) is 1.70. The zero-order chi connectivity index (χ0) is 11.5. The van der Waals surface area contributed by atoms with Crippen molar-refractivity contribution >= 4 is 11.6 Å². The molecule has 0 aliphatic rings. The van der Waals surface area contributed by atoms with Crippen molar-refractivity contribution in [2.24, 2.45) is 0 Å². The van der Waals surface area contributed by atoms with E-state index in [9.17, 15) is 5.11 Å². The number of hydrogen-bond acceptors (Lipinski definition) is 2. The zero-order valence-corrected chi connectivity index (χ0v) is 10.2. The number of halogens is 1. The van der Waals surface area contributed by atoms with Crippen LogP contribution in [0.4, 0.5) is 0 Å². The molecule has 84 valence electrons. The van der Waals surface area contributed by atoms with Crippen molar-refractivity contribution in [2.75, 3.05) is 13.6 Å². The molecule has 2 nitrogen and oxygen atoms in total. The standard InChI is InChI=1S/C12H18ClNO/c1-9-6-10(4-5-11(9)13)7-12(2,15)8-14-3/h4-6,14-15H,7-8H2,1-3H3. The van der Waals surface area contributed by atoms with Gasteiger partial charge >= 0.3 is 0 Å². The fourth-order valence-corrected chi connectivity index (χ4v) is 1.82. The average molecular weight is 228 g/mol. The van der Waals surface area contributed by atoms with Gasteiger partial charge in [-0.2, -0.15) is 0 Å². The summed E-state index contributed by atoms with van der Waals surface area (Å²) in [7, 11) is 1.83. The summed E-state index contributed by atoms with van der Waals surface area (Å²) in [5.41, 5.74) is 1.45. The van der Waals surface area contributed by atoms with Gasteiger partial charge in [-0.25, -0.2) is 0 Å². The Morgan fingerprint density at radius 1 is 1.47 bits per heavy atom. The molecule has 0 bridgehead atoms. The highest BCUT2D eigenvalue weighted by Gasteiger charge is 2.19. The lowest BCUT2D eigenvalue weighted by Gasteiger charge is -2.23. The summed E-state index contributed by atoms with van der Waals surface area (Å²) >= 11 is 5.94. The monoisotopic (exact) mass is 227 g/mol. The van der Waals surface area contributed by atoms with Gasteiger partial charge in [0, 0.05) is 18.0 Å². The largest absolute Gasteiger partial charge is 0.389 e. The van der Waals surface area contributed by atoms with Gasteiger partial charge in [0.2, 0.25) is 0 Å². The molecule has 0 aromatic heterocycles. The quantitative estimate of drug-likeness (QED) is 0.827. The molecule has 0 radical (unpaired) electrons. The van der Waals surface area contributed by atoms with Crippen LogP contribution in [0.2, 0.25) is 5.02 Å². The van der Waals surface area contributed by atoms with Crippen molar-refractivity contribution in [2.45, 2.75) is 25.9 Å². The Kier molecular flexibility index (Phi) is 4.14. The number of aliphatic hydroxyl groups is 1. The van der Waals surface area contributed by atoms with E-state index in [0.717, 1.165) is 16.1 Å². The summed E-state index contributed by atoms with van der Waals surface area (Å²) in [5, 5.41) is 13.8. The van der Waals surface area contributed by atoms with Crippen LogP contribution < -0.4 is 5.32 Å². The van der Waals surface area contributed by atoms with Crippen molar-refractivity contribution in [1.29, 1.82) is 0 Å². The van der Waals surface area contributed by atoms with E-state index < -0.39 is 5.60 Å². The van der Waals surface area contributed by atoms with Gasteiger partial charge in [0.25, 0.3) is 0 Å². The maximum Gasteiger partial charge on any atom is 0.0783 e. The minimum Gasteiger partial charge on any atom is -0.389 e. The van der Waals surface area contributed by atoms with Crippen LogP contribution in [0.15, 0.2) is 18.2 Å². The SMILES string of the molecule is CNCC(C)(O)Cc1ccc(Cl)c(C)c1. The molecule has 0 spiro atoms. The molecule has 1 atom stereocenters. The molecule has 0 fully saturated rings. The van der Waals surface area contributed by atoms with Crippen molar-refractivity contribution in [1.82, 2.24) is 5.32 Å². The number of likely N-dealkylation sites (N-methyl/N-ethyl adjacent to an activating group) is 1. The summed E-state index contributed by atoms with van der Waals surface area (Å²) in [6.45, 7) is 4.38. The van der Waals surface area contributed by atoms with Crippen LogP contribution in [0, 0.1) is 6.92 Å². The number of benzene rings is 1. The summed E-state index contributed by atoms with van der Waals surface area (Å²) in [6, 6.07) is 5.85. The van der Waals surface area contributed by atoms with Crippen molar-refractivity contribution in [3.63, 3.8) is 0 Å². The van der Waals surface area contributed by atoms with Crippen molar-refractivity contribution < 1.29 is 5.11 Å². The van der Waals surface area contributed by atoms with Gasteiger partial charge in [0.05, 0.1) is 5.60 Å². The summed E-state index contributed by atoms with van der Waals surface area (Å²) in [5.74, 6) is 0. The number of aryl methyl sites for hydroxylation is 1. The maximum absolute atomic E-state index is 10.0. The maximum atomic E-state index is 10.0. The highest BCUT2D eigenvalue weighted by Crippen LogP contribution is 2.19. The molecule has 1 unspecified atom stereocenters. The van der Waals surface area contributed by atoms with Gasteiger partial charge in [0.1, 0.15) is 0 Å². The first-order chi connectivity index (χ1) is 6.94. The van der Waals surface area contributed by atoms with Crippen LogP contribution in [0.25, 0.3) is 0 Å². The van der Waals surface area contributed by atoms with Gasteiger partial charge in [-0.15, -0.1) is 0 Å². The lowest BCUT2D eigenvalue weighted by molar-refractivity contribution is 0.0622. The van der Waals surface area contributed by atoms with E-state index in [0.29, 0.717) is 13.0 Å². The molecule has 0 saturated heterocycles. The Hall–Kier alpha value is -0.570. The van der Waals surface area contributed by atoms with Crippen LogP contribution in [0.1, 0.15) is 18.1 Å². The minimum absolute atomic E-state index is 0.578. The molecule has 1 aromatic rings. The summed E-state index contributed by atoms with van der Waals surface area (Å²) < 4.78 is 0. The Balaban J connectivity index is 2.76. The molecule has 0 aliphatic heterocycles. The van der Waals surface area contributed by atoms with Crippen LogP contribution in [0.3, 0.4) is 0 Å². The van der Waals surface area contributed by atoms with Gasteiger partial charge in [0.15, 0.2) is 0 Å². The van der Waals surface area contributed by atoms with E-state index in [1.807, 2.05) is 39.1 Å². The summed E-state index contributed by atoms with van der Waals surface area (Å²) in [4.78, 5) is 0. The Morgan fingerprint density at radius 3 is 2.67 bits per heavy atom. The molecule has 0 saturated carbocycles. The third-order valence-corrected chi connectivity index (χ3v) is 2.79. The van der Waals surface area contributed by atoms with Crippen LogP contribution in [-0.4, -0.2) is 24.3 Å². The van der Waals surface area contributed by atoms with Crippen LogP contribution in [0.5, 0.6) is 0 Å². The predicted molar refractivity (Wildman–Crippen MR) is 64.4 cm³/mol. The normalized spacial score (nSPS) is 15.0. The lowest BCUT2D eigenvalue weighted by atomic mass is 9.95. The second-order valence-electron chi connectivity index (χ2n) is 4.29. The molecule has 0 heterocycles. The van der Waals surface area contributed by atoms with E-state index in [-0.39, 0.29) is 0 Å². The Bertz CT molecular complexity index is 336. The van der Waals surface area contributed by atoms with Gasteiger partial charge in [-0.1, -0.05) is 23.7 Å². The van der Waals surface area contributed by atoms with E-state index in [1.54, 1.807) is 0 Å². The highest BCUT2D eigenvalue weighted by atomic mass is 35.5. The second-order valence-corrected chi connectivity index (χ2v) is 4.69. The van der Waals surface area contributed by atoms with Gasteiger partial charge < -0.3 is 10.4 Å². The number of rotatable bonds is 4. The molecule has 3 heteroatoms. The minimum atomic E-state index is -0.713. The third kappa shape index (κ3) is 3.82. The van der Waals surface area contributed by atoms with E-state index in [4.69, 9.17) is 11.6 Å². The molecule has 1 aromatic carbocycles. The van der Waals surface area contributed by atoms with Gasteiger partial charge in [-0.05, 0) is 38.1 Å². The first-order valence-corrected chi connectivity index (χ1v) is 5.44. The first-order valence-electron chi connectivity index (χ1n) is 5.06. The molecular formula is C12H18ClNO. The molecular weight excluding hydrogens is 210 g/mol. The van der Waals surface area contributed by atoms with Crippen LogP contribution >= 0.6 is 11.6 Å². The fraction of sp³-hybridized carbons (Fsp3) is 0.500.